The van der Waals surface area contributed by atoms with Gasteiger partial charge < -0.3 is 19.6 Å². The number of aliphatic carboxylic acids is 1. The SMILES string of the molecule is Cc1nnc(SCC2=C(C(=O)O)N3C(=O)[C@H](NC(=O)c4ccc(COc5ccc(Br)cc5)o4)[C@H]3SC2)s1. The van der Waals surface area contributed by atoms with E-state index < -0.39 is 29.2 Å². The van der Waals surface area contributed by atoms with Crippen LogP contribution in [-0.2, 0) is 16.2 Å². The van der Waals surface area contributed by atoms with Crippen molar-refractivity contribution in [1.29, 1.82) is 0 Å². The third-order valence-electron chi connectivity index (χ3n) is 5.49. The van der Waals surface area contributed by atoms with Crippen LogP contribution < -0.4 is 10.1 Å². The van der Waals surface area contributed by atoms with E-state index in [1.54, 1.807) is 18.2 Å². The highest BCUT2D eigenvalue weighted by Gasteiger charge is 2.54. The van der Waals surface area contributed by atoms with E-state index in [-0.39, 0.29) is 18.1 Å². The number of rotatable bonds is 9. The van der Waals surface area contributed by atoms with Gasteiger partial charge in [0.25, 0.3) is 11.8 Å². The van der Waals surface area contributed by atoms with E-state index in [1.165, 1.54) is 45.8 Å². The molecular formula is C23H19BrN4O6S3. The van der Waals surface area contributed by atoms with Crippen molar-refractivity contribution in [3.8, 4) is 5.75 Å². The standard InChI is InChI=1S/C23H19BrN4O6S3/c1-11-26-27-23(37-11)36-10-12-9-35-21-17(20(30)28(21)18(12)22(31)32)25-19(29)16-7-6-15(34-16)8-33-14-4-2-13(24)3-5-14/h2-7,17,21H,8-10H2,1H3,(H,25,29)(H,31,32)/t17-,21+/m0/s1. The third-order valence-corrected chi connectivity index (χ3v) is 9.42. The lowest BCUT2D eigenvalue weighted by atomic mass is 10.0. The van der Waals surface area contributed by atoms with Gasteiger partial charge in [0.05, 0.1) is 0 Å². The van der Waals surface area contributed by atoms with E-state index in [0.29, 0.717) is 28.6 Å². The number of aryl methyl sites for hydroxylation is 1. The van der Waals surface area contributed by atoms with Crippen LogP contribution in [-0.4, -0.2) is 60.9 Å². The van der Waals surface area contributed by atoms with E-state index in [4.69, 9.17) is 9.15 Å². The first-order valence-corrected chi connectivity index (χ1v) is 14.6. The van der Waals surface area contributed by atoms with Crippen LogP contribution in [0.25, 0.3) is 0 Å². The zero-order chi connectivity index (χ0) is 26.1. The average molecular weight is 624 g/mol. The lowest BCUT2D eigenvalue weighted by Gasteiger charge is -2.49. The molecule has 0 unspecified atom stereocenters. The second-order valence-corrected chi connectivity index (χ2v) is 12.4. The number of amides is 2. The van der Waals surface area contributed by atoms with Gasteiger partial charge in [-0.25, -0.2) is 4.79 Å². The number of hydrogen-bond donors (Lipinski definition) is 2. The van der Waals surface area contributed by atoms with Crippen LogP contribution in [0.3, 0.4) is 0 Å². The molecule has 1 fully saturated rings. The predicted molar refractivity (Wildman–Crippen MR) is 142 cm³/mol. The van der Waals surface area contributed by atoms with Crippen molar-refractivity contribution >= 4 is 68.6 Å². The molecule has 2 aliphatic rings. The topological polar surface area (TPSA) is 135 Å². The first kappa shape index (κ1) is 25.8. The molecule has 5 rings (SSSR count). The predicted octanol–water partition coefficient (Wildman–Crippen LogP) is 3.93. The van der Waals surface area contributed by atoms with Gasteiger partial charge in [0.1, 0.15) is 40.2 Å². The number of fused-ring (bicyclic) bond motifs is 1. The van der Waals surface area contributed by atoms with Gasteiger partial charge in [0.2, 0.25) is 0 Å². The first-order chi connectivity index (χ1) is 17.8. The maximum atomic E-state index is 12.9. The van der Waals surface area contributed by atoms with Crippen LogP contribution in [0.15, 0.2) is 60.9 Å². The van der Waals surface area contributed by atoms with Gasteiger partial charge in [-0.05, 0) is 48.9 Å². The molecule has 14 heteroatoms. The van der Waals surface area contributed by atoms with Crippen molar-refractivity contribution in [2.24, 2.45) is 0 Å². The number of carboxylic acids is 1. The van der Waals surface area contributed by atoms with Crippen molar-refractivity contribution in [3.63, 3.8) is 0 Å². The fourth-order valence-corrected chi connectivity index (χ4v) is 7.32. The van der Waals surface area contributed by atoms with Crippen LogP contribution in [0.1, 0.15) is 21.3 Å². The Kier molecular flexibility index (Phi) is 7.60. The molecule has 2 aromatic heterocycles. The molecule has 3 aromatic rings. The highest BCUT2D eigenvalue weighted by molar-refractivity contribution is 9.10. The Balaban J connectivity index is 1.20. The van der Waals surface area contributed by atoms with E-state index in [2.05, 4.69) is 31.4 Å². The Morgan fingerprint density at radius 2 is 2.05 bits per heavy atom. The molecular weight excluding hydrogens is 604 g/mol. The van der Waals surface area contributed by atoms with Gasteiger partial charge in [-0.3, -0.25) is 14.5 Å². The number of nitrogens with zero attached hydrogens (tertiary/aromatic N) is 3. The quantitative estimate of drug-likeness (QED) is 0.267. The van der Waals surface area contributed by atoms with E-state index in [9.17, 15) is 19.5 Å². The van der Waals surface area contributed by atoms with Crippen LogP contribution in [0.2, 0.25) is 0 Å². The minimum Gasteiger partial charge on any atom is -0.486 e. The molecule has 1 aromatic carbocycles. The number of carboxylic acid groups (broad SMARTS) is 1. The number of aromatic nitrogens is 2. The molecule has 1 saturated heterocycles. The zero-order valence-electron chi connectivity index (χ0n) is 19.2. The summed E-state index contributed by atoms with van der Waals surface area (Å²) in [6, 6.07) is 9.61. The lowest BCUT2D eigenvalue weighted by Crippen LogP contribution is -2.70. The molecule has 0 aliphatic carbocycles. The number of carbonyl (C=O) groups is 3. The molecule has 2 N–H and O–H groups in total. The van der Waals surface area contributed by atoms with Crippen molar-refractivity contribution < 1.29 is 28.6 Å². The number of furan rings is 1. The van der Waals surface area contributed by atoms with Crippen molar-refractivity contribution in [2.45, 2.75) is 29.3 Å². The van der Waals surface area contributed by atoms with Crippen LogP contribution in [0, 0.1) is 6.92 Å². The van der Waals surface area contributed by atoms with Gasteiger partial charge in [0.15, 0.2) is 10.1 Å². The number of carbonyl (C=O) groups excluding carboxylic acids is 2. The molecule has 0 spiro atoms. The third kappa shape index (κ3) is 5.56. The normalized spacial score (nSPS) is 18.9. The molecule has 2 atom stereocenters. The van der Waals surface area contributed by atoms with Gasteiger partial charge >= 0.3 is 5.97 Å². The number of benzene rings is 1. The Bertz CT molecular complexity index is 1390. The second kappa shape index (κ2) is 10.9. The molecule has 2 aliphatic heterocycles. The summed E-state index contributed by atoms with van der Waals surface area (Å²) in [5.74, 6) is -0.248. The van der Waals surface area contributed by atoms with Gasteiger partial charge in [-0.2, -0.15) is 0 Å². The molecule has 0 radical (unpaired) electrons. The minimum atomic E-state index is -1.17. The molecule has 0 saturated carbocycles. The molecule has 10 nitrogen and oxygen atoms in total. The zero-order valence-corrected chi connectivity index (χ0v) is 23.2. The summed E-state index contributed by atoms with van der Waals surface area (Å²) >= 11 is 7.59. The van der Waals surface area contributed by atoms with Crippen LogP contribution in [0.5, 0.6) is 5.75 Å². The highest BCUT2D eigenvalue weighted by Crippen LogP contribution is 2.42. The van der Waals surface area contributed by atoms with Gasteiger partial charge in [-0.15, -0.1) is 22.0 Å². The van der Waals surface area contributed by atoms with Crippen molar-refractivity contribution in [3.05, 3.63) is 68.7 Å². The largest absolute Gasteiger partial charge is 0.486 e. The summed E-state index contributed by atoms with van der Waals surface area (Å²) in [7, 11) is 0. The molecule has 2 amide bonds. The number of β-lactam (4-membered cyclic amide) rings is 1. The minimum absolute atomic E-state index is 0.0293. The smallest absolute Gasteiger partial charge is 0.352 e. The van der Waals surface area contributed by atoms with E-state index in [0.717, 1.165) is 13.8 Å². The Morgan fingerprint density at radius 3 is 2.76 bits per heavy atom. The number of halogens is 1. The maximum absolute atomic E-state index is 12.9. The average Bonchev–Trinajstić information content (AvgIpc) is 3.53. The van der Waals surface area contributed by atoms with E-state index in [1.807, 2.05) is 19.1 Å². The molecule has 192 valence electrons. The van der Waals surface area contributed by atoms with Crippen molar-refractivity contribution in [2.75, 3.05) is 11.5 Å². The summed E-state index contributed by atoms with van der Waals surface area (Å²) in [6.45, 7) is 1.98. The maximum Gasteiger partial charge on any atom is 0.352 e. The highest BCUT2D eigenvalue weighted by atomic mass is 79.9. The molecule has 4 heterocycles. The Labute approximate surface area is 232 Å². The van der Waals surface area contributed by atoms with Crippen LogP contribution in [0.4, 0.5) is 0 Å². The Morgan fingerprint density at radius 1 is 1.27 bits per heavy atom. The van der Waals surface area contributed by atoms with E-state index >= 15 is 0 Å². The lowest BCUT2D eigenvalue weighted by molar-refractivity contribution is -0.148. The monoisotopic (exact) mass is 622 g/mol. The summed E-state index contributed by atoms with van der Waals surface area (Å²) < 4.78 is 12.9. The van der Waals surface area contributed by atoms with Gasteiger partial charge in [-0.1, -0.05) is 39.0 Å². The summed E-state index contributed by atoms with van der Waals surface area (Å²) in [6.07, 6.45) is 0. The summed E-state index contributed by atoms with van der Waals surface area (Å²) in [4.78, 5) is 39.0. The number of thioether (sulfide) groups is 2. The summed E-state index contributed by atoms with van der Waals surface area (Å²) in [5, 5.41) is 20.8. The van der Waals surface area contributed by atoms with Gasteiger partial charge in [0, 0.05) is 16.0 Å². The van der Waals surface area contributed by atoms with Crippen LogP contribution >= 0.6 is 50.8 Å². The summed E-state index contributed by atoms with van der Waals surface area (Å²) in [5.41, 5.74) is 0.601. The number of ether oxygens (including phenoxy) is 1. The second-order valence-electron chi connectivity index (χ2n) is 8.00. The Hall–Kier alpha value is -2.81. The molecule has 37 heavy (non-hydrogen) atoms. The fraction of sp³-hybridized carbons (Fsp3) is 0.261. The first-order valence-electron chi connectivity index (χ1n) is 10.9. The molecule has 0 bridgehead atoms. The number of nitrogens with one attached hydrogen (secondary N) is 1. The van der Waals surface area contributed by atoms with Crippen molar-refractivity contribution in [1.82, 2.24) is 20.4 Å². The fourth-order valence-electron chi connectivity index (χ4n) is 3.76. The number of hydrogen-bond acceptors (Lipinski definition) is 10.